The highest BCUT2D eigenvalue weighted by molar-refractivity contribution is 7.87. The summed E-state index contributed by atoms with van der Waals surface area (Å²) in [5.74, 6) is -8.19. The standard InChI is InChI=1S/C38H50N4O22S6/c1-37(2)30(41(13-6-16-66(50,51)52)28-22-25(36(45)46)23-29(33(28)37)70(62,63)64)8-4-9-31-38(3,10-5-15-65(47,48)49)32-26(35(44)40-12-19-69(59,60)61)20-24(34(43)39-11-18-68(56,57)58)21-27(32)42(31)14-7-17-67(53,54)55/h4,8-9,20-23H,5-7,10-19H2,1-3H3,(H8-,39,40,43,44,45,46,47,48,49,50,51,52,53,54,55,56,57,58,59,60,61,62,63,64)/p+1. The third-order valence-corrected chi connectivity index (χ3v) is 16.0. The molecule has 70 heavy (non-hydrogen) atoms. The fraction of sp³-hybridized carbons (Fsp3) is 0.474. The minimum absolute atomic E-state index is 0.0136. The second kappa shape index (κ2) is 21.2. The van der Waals surface area contributed by atoms with Gasteiger partial charge in [-0.15, -0.1) is 0 Å². The molecule has 0 spiro atoms. The third-order valence-electron chi connectivity index (χ3n) is 11.2. The predicted octanol–water partition coefficient (Wildman–Crippen LogP) is 0.685. The first-order valence-corrected chi connectivity index (χ1v) is 30.0. The molecule has 2 aromatic rings. The zero-order valence-electron chi connectivity index (χ0n) is 37.3. The number of nitrogens with zero attached hydrogens (tertiary/aromatic N) is 2. The van der Waals surface area contributed by atoms with Gasteiger partial charge in [0.1, 0.15) is 11.4 Å². The minimum Gasteiger partial charge on any atom is -0.478 e. The van der Waals surface area contributed by atoms with Gasteiger partial charge in [-0.1, -0.05) is 6.08 Å². The minimum atomic E-state index is -5.16. The lowest BCUT2D eigenvalue weighted by molar-refractivity contribution is -0.437. The van der Waals surface area contributed by atoms with Crippen LogP contribution in [-0.4, -0.2) is 166 Å². The van der Waals surface area contributed by atoms with Gasteiger partial charge in [0.2, 0.25) is 5.69 Å². The maximum Gasteiger partial charge on any atom is 0.335 e. The van der Waals surface area contributed by atoms with Crippen molar-refractivity contribution in [3.8, 4) is 0 Å². The molecular weight excluding hydrogens is 1060 g/mol. The Bertz CT molecular complexity index is 3260. The molecule has 0 saturated heterocycles. The van der Waals surface area contributed by atoms with Crippen LogP contribution >= 0.6 is 0 Å². The van der Waals surface area contributed by atoms with Crippen LogP contribution in [0, 0.1) is 0 Å². The number of hydrogen-bond donors (Lipinski definition) is 9. The van der Waals surface area contributed by atoms with Crippen LogP contribution in [0.25, 0.3) is 0 Å². The van der Waals surface area contributed by atoms with Crippen molar-refractivity contribution in [1.29, 1.82) is 0 Å². The molecule has 0 aromatic heterocycles. The number of benzene rings is 2. The second-order valence-electron chi connectivity index (χ2n) is 16.9. The Hall–Kier alpha value is -4.74. The summed E-state index contributed by atoms with van der Waals surface area (Å²) < 4.78 is 202. The Kier molecular flexibility index (Phi) is 17.5. The van der Waals surface area contributed by atoms with Gasteiger partial charge in [-0.05, 0) is 64.3 Å². The number of amides is 2. The van der Waals surface area contributed by atoms with Crippen LogP contribution in [0.15, 0.2) is 53.1 Å². The van der Waals surface area contributed by atoms with E-state index < -0.39 is 147 Å². The van der Waals surface area contributed by atoms with E-state index in [0.717, 1.165) is 18.2 Å². The van der Waals surface area contributed by atoms with Gasteiger partial charge in [-0.25, -0.2) is 4.79 Å². The summed E-state index contributed by atoms with van der Waals surface area (Å²) in [7, 11) is -28.3. The summed E-state index contributed by atoms with van der Waals surface area (Å²) >= 11 is 0. The van der Waals surface area contributed by atoms with Crippen molar-refractivity contribution in [2.75, 3.05) is 59.8 Å². The van der Waals surface area contributed by atoms with Gasteiger partial charge in [0.25, 0.3) is 72.5 Å². The van der Waals surface area contributed by atoms with Gasteiger partial charge in [-0.2, -0.15) is 55.1 Å². The zero-order chi connectivity index (χ0) is 53.2. The molecule has 0 bridgehead atoms. The molecule has 0 radical (unpaired) electrons. The molecule has 26 nitrogen and oxygen atoms in total. The molecule has 9 N–H and O–H groups in total. The van der Waals surface area contributed by atoms with E-state index in [1.807, 2.05) is 0 Å². The number of hydrogen-bond acceptors (Lipinski definition) is 16. The Morgan fingerprint density at radius 2 is 1.16 bits per heavy atom. The van der Waals surface area contributed by atoms with Crippen molar-refractivity contribution < 1.29 is 102 Å². The van der Waals surface area contributed by atoms with Gasteiger partial charge in [0, 0.05) is 71.7 Å². The lowest BCUT2D eigenvalue weighted by Crippen LogP contribution is -2.33. The van der Waals surface area contributed by atoms with Crippen molar-refractivity contribution in [3.63, 3.8) is 0 Å². The molecule has 0 fully saturated rings. The highest BCUT2D eigenvalue weighted by Gasteiger charge is 2.50. The molecule has 2 aliphatic rings. The quantitative estimate of drug-likeness (QED) is 0.0515. The second-order valence-corrected chi connectivity index (χ2v) is 26.1. The van der Waals surface area contributed by atoms with Gasteiger partial charge in [0.15, 0.2) is 5.71 Å². The van der Waals surface area contributed by atoms with Gasteiger partial charge in [0.05, 0.1) is 45.3 Å². The first-order valence-electron chi connectivity index (χ1n) is 20.5. The predicted molar refractivity (Wildman–Crippen MR) is 250 cm³/mol. The van der Waals surface area contributed by atoms with Crippen molar-refractivity contribution in [2.24, 2.45) is 0 Å². The molecule has 32 heteroatoms. The Labute approximate surface area is 404 Å². The fourth-order valence-corrected chi connectivity index (χ4v) is 11.5. The van der Waals surface area contributed by atoms with Crippen molar-refractivity contribution >= 4 is 95.6 Å². The molecule has 2 heterocycles. The van der Waals surface area contributed by atoms with E-state index in [1.54, 1.807) is 0 Å². The molecule has 2 amide bonds. The Balaban J connectivity index is 2.10. The average Bonchev–Trinajstić information content (AvgIpc) is 3.53. The topological polar surface area (TPSA) is 428 Å². The molecule has 0 saturated carbocycles. The van der Waals surface area contributed by atoms with E-state index in [-0.39, 0.29) is 78.2 Å². The van der Waals surface area contributed by atoms with Crippen LogP contribution in [0.2, 0.25) is 0 Å². The zero-order valence-corrected chi connectivity index (χ0v) is 42.2. The number of rotatable bonds is 24. The fourth-order valence-electron chi connectivity index (χ4n) is 8.39. The lowest BCUT2D eigenvalue weighted by Gasteiger charge is -2.31. The summed E-state index contributed by atoms with van der Waals surface area (Å²) in [4.78, 5) is 40.5. The summed E-state index contributed by atoms with van der Waals surface area (Å²) in [6, 6.07) is 4.00. The highest BCUT2D eigenvalue weighted by Crippen LogP contribution is 2.53. The molecule has 2 aromatic carbocycles. The number of fused-ring (bicyclic) bond motifs is 2. The van der Waals surface area contributed by atoms with Crippen molar-refractivity contribution in [3.05, 3.63) is 76.0 Å². The maximum atomic E-state index is 14.1. The molecule has 2 aliphatic heterocycles. The molecule has 4 rings (SSSR count). The van der Waals surface area contributed by atoms with E-state index in [4.69, 9.17) is 0 Å². The number of carbonyl (C=O) groups is 3. The van der Waals surface area contributed by atoms with E-state index in [1.165, 1.54) is 54.5 Å². The third kappa shape index (κ3) is 15.1. The van der Waals surface area contributed by atoms with Gasteiger partial charge < -0.3 is 20.6 Å². The Morgan fingerprint density at radius 1 is 0.643 bits per heavy atom. The van der Waals surface area contributed by atoms with Crippen molar-refractivity contribution in [2.45, 2.75) is 62.2 Å². The average molecular weight is 1110 g/mol. The van der Waals surface area contributed by atoms with Crippen LogP contribution in [0.5, 0.6) is 0 Å². The van der Waals surface area contributed by atoms with Crippen LogP contribution < -0.4 is 15.5 Å². The van der Waals surface area contributed by atoms with Gasteiger partial charge in [-0.3, -0.25) is 36.9 Å². The largest absolute Gasteiger partial charge is 0.478 e. The van der Waals surface area contributed by atoms with E-state index in [0.29, 0.717) is 0 Å². The SMILES string of the molecule is CC1(C)C(/C=C/C=C2/N(CCCS(=O)(=O)O)c3cc(C(=O)NCCS(=O)(=O)O)cc(C(=O)NCCS(=O)(=O)O)c3C2(C)CCCS(=O)(=O)O)=[N+](CCCS(=O)(=O)O)c2cc(C(=O)O)cc(S(=O)(=O)O)c21. The normalized spacial score (nSPS) is 18.1. The molecule has 1 unspecified atom stereocenters. The number of carbonyl (C=O) groups excluding carboxylic acids is 2. The van der Waals surface area contributed by atoms with E-state index >= 15 is 0 Å². The van der Waals surface area contributed by atoms with E-state index in [9.17, 15) is 97.3 Å². The number of aromatic carboxylic acids is 1. The molecule has 390 valence electrons. The lowest BCUT2D eigenvalue weighted by atomic mass is 9.75. The van der Waals surface area contributed by atoms with Crippen molar-refractivity contribution in [1.82, 2.24) is 10.6 Å². The molecular formula is C38H51N4O22S6+. The van der Waals surface area contributed by atoms with Crippen LogP contribution in [0.3, 0.4) is 0 Å². The van der Waals surface area contributed by atoms with Crippen LogP contribution in [0.4, 0.5) is 11.4 Å². The van der Waals surface area contributed by atoms with Crippen LogP contribution in [0.1, 0.15) is 88.7 Å². The number of carboxylic acids is 1. The van der Waals surface area contributed by atoms with E-state index in [2.05, 4.69) is 10.6 Å². The summed E-state index contributed by atoms with van der Waals surface area (Å²) in [5.41, 5.74) is -4.56. The number of nitrogens with one attached hydrogen (secondary N) is 2. The van der Waals surface area contributed by atoms with Gasteiger partial charge >= 0.3 is 5.97 Å². The monoisotopic (exact) mass is 1110 g/mol. The summed E-state index contributed by atoms with van der Waals surface area (Å²) in [5, 5.41) is 14.4. The number of allylic oxidation sites excluding steroid dienone is 4. The summed E-state index contributed by atoms with van der Waals surface area (Å²) in [6.07, 6.45) is 2.70. The molecule has 0 aliphatic carbocycles. The number of anilines is 1. The first kappa shape index (κ1) is 57.8. The smallest absolute Gasteiger partial charge is 0.335 e. The number of carboxylic acid groups (broad SMARTS) is 1. The highest BCUT2D eigenvalue weighted by atomic mass is 32.2. The summed E-state index contributed by atoms with van der Waals surface area (Å²) in [6.45, 7) is 2.41. The molecule has 1 atom stereocenters. The first-order chi connectivity index (χ1) is 31.8. The Morgan fingerprint density at radius 3 is 1.67 bits per heavy atom. The maximum absolute atomic E-state index is 14.1. The van der Waals surface area contributed by atoms with Crippen LogP contribution in [-0.2, 0) is 71.5 Å².